The molecule has 2 rings (SSSR count). The minimum absolute atomic E-state index is 0.927. The Morgan fingerprint density at radius 1 is 1.40 bits per heavy atom. The normalized spacial score (nSPS) is 15.9. The molecule has 3 heteroatoms. The smallest absolute Gasteiger partial charge is 0.0442 e. The van der Waals surface area contributed by atoms with Gasteiger partial charge in [0, 0.05) is 43.3 Å². The summed E-state index contributed by atoms with van der Waals surface area (Å²) in [7, 11) is 0. The van der Waals surface area contributed by atoms with E-state index in [0.29, 0.717) is 0 Å². The summed E-state index contributed by atoms with van der Waals surface area (Å²) >= 11 is 0. The van der Waals surface area contributed by atoms with Gasteiger partial charge in [-0.15, -0.1) is 0 Å². The molecule has 0 spiro atoms. The summed E-state index contributed by atoms with van der Waals surface area (Å²) in [6, 6.07) is 2.14. The van der Waals surface area contributed by atoms with Crippen molar-refractivity contribution in [2.24, 2.45) is 0 Å². The average molecular weight is 205 g/mol. The molecule has 0 radical (unpaired) electrons. The predicted octanol–water partition coefficient (Wildman–Crippen LogP) is 1.79. The average Bonchev–Trinajstić information content (AvgIpc) is 2.80. The molecule has 0 unspecified atom stereocenters. The van der Waals surface area contributed by atoms with Crippen LogP contribution in [-0.4, -0.2) is 24.6 Å². The van der Waals surface area contributed by atoms with Crippen molar-refractivity contribution in [3.05, 3.63) is 24.0 Å². The van der Waals surface area contributed by atoms with Crippen molar-refractivity contribution in [2.75, 3.05) is 24.5 Å². The Morgan fingerprint density at radius 2 is 2.20 bits per heavy atom. The third-order valence-electron chi connectivity index (χ3n) is 2.89. The lowest BCUT2D eigenvalue weighted by Crippen LogP contribution is -2.21. The maximum absolute atomic E-state index is 4.20. The highest BCUT2D eigenvalue weighted by Crippen LogP contribution is 2.23. The van der Waals surface area contributed by atoms with Gasteiger partial charge in [0.15, 0.2) is 0 Å². The molecule has 82 valence electrons. The van der Waals surface area contributed by atoms with E-state index in [-0.39, 0.29) is 0 Å². The van der Waals surface area contributed by atoms with Gasteiger partial charge in [0.05, 0.1) is 0 Å². The van der Waals surface area contributed by atoms with Gasteiger partial charge in [-0.3, -0.25) is 4.98 Å². The fourth-order valence-corrected chi connectivity index (χ4v) is 2.08. The second-order valence-electron chi connectivity index (χ2n) is 3.98. The zero-order valence-corrected chi connectivity index (χ0v) is 9.37. The third kappa shape index (κ3) is 2.48. The van der Waals surface area contributed by atoms with Crippen LogP contribution >= 0.6 is 0 Å². The van der Waals surface area contributed by atoms with Gasteiger partial charge >= 0.3 is 0 Å². The summed E-state index contributed by atoms with van der Waals surface area (Å²) in [5, 5.41) is 3.36. The van der Waals surface area contributed by atoms with E-state index in [9.17, 15) is 0 Å². The Kier molecular flexibility index (Phi) is 3.56. The quantitative estimate of drug-likeness (QED) is 0.812. The van der Waals surface area contributed by atoms with E-state index < -0.39 is 0 Å². The molecule has 1 fully saturated rings. The van der Waals surface area contributed by atoms with Crippen LogP contribution in [0.4, 0.5) is 5.69 Å². The second-order valence-corrected chi connectivity index (χ2v) is 3.98. The van der Waals surface area contributed by atoms with Crippen LogP contribution in [0, 0.1) is 0 Å². The van der Waals surface area contributed by atoms with Crippen LogP contribution in [0.2, 0.25) is 0 Å². The van der Waals surface area contributed by atoms with Crippen LogP contribution in [0.3, 0.4) is 0 Å². The fourth-order valence-electron chi connectivity index (χ4n) is 2.08. The van der Waals surface area contributed by atoms with Gasteiger partial charge in [0.1, 0.15) is 0 Å². The molecule has 1 N–H and O–H groups in total. The summed E-state index contributed by atoms with van der Waals surface area (Å²) in [6.07, 6.45) is 6.52. The zero-order chi connectivity index (χ0) is 10.5. The number of nitrogens with one attached hydrogen (secondary N) is 1. The summed E-state index contributed by atoms with van der Waals surface area (Å²) in [6.45, 7) is 6.46. The van der Waals surface area contributed by atoms with Crippen molar-refractivity contribution in [3.8, 4) is 0 Å². The van der Waals surface area contributed by atoms with E-state index in [4.69, 9.17) is 0 Å². The third-order valence-corrected chi connectivity index (χ3v) is 2.89. The maximum Gasteiger partial charge on any atom is 0.0442 e. The van der Waals surface area contributed by atoms with Gasteiger partial charge in [-0.1, -0.05) is 6.92 Å². The topological polar surface area (TPSA) is 28.2 Å². The minimum atomic E-state index is 0.927. The lowest BCUT2D eigenvalue weighted by molar-refractivity contribution is 0.721. The highest BCUT2D eigenvalue weighted by molar-refractivity contribution is 5.52. The SMILES string of the molecule is CCNCc1cnccc1N1CCCC1. The number of hydrogen-bond donors (Lipinski definition) is 1. The van der Waals surface area contributed by atoms with Crippen molar-refractivity contribution in [3.63, 3.8) is 0 Å². The number of anilines is 1. The van der Waals surface area contributed by atoms with Crippen LogP contribution in [0.1, 0.15) is 25.3 Å². The van der Waals surface area contributed by atoms with E-state index in [1.807, 2.05) is 12.4 Å². The van der Waals surface area contributed by atoms with Crippen LogP contribution < -0.4 is 10.2 Å². The summed E-state index contributed by atoms with van der Waals surface area (Å²) in [4.78, 5) is 6.67. The molecular formula is C12H19N3. The number of aromatic nitrogens is 1. The first kappa shape index (κ1) is 10.4. The largest absolute Gasteiger partial charge is 0.371 e. The zero-order valence-electron chi connectivity index (χ0n) is 9.37. The molecule has 1 aliphatic rings. The van der Waals surface area contributed by atoms with Gasteiger partial charge in [-0.25, -0.2) is 0 Å². The van der Waals surface area contributed by atoms with E-state index in [1.165, 1.54) is 37.2 Å². The monoisotopic (exact) mass is 205 g/mol. The first-order valence-corrected chi connectivity index (χ1v) is 5.80. The molecule has 1 aromatic rings. The molecule has 0 aromatic carbocycles. The second kappa shape index (κ2) is 5.12. The van der Waals surface area contributed by atoms with Crippen molar-refractivity contribution in [1.29, 1.82) is 0 Å². The summed E-state index contributed by atoms with van der Waals surface area (Å²) in [5.41, 5.74) is 2.68. The van der Waals surface area contributed by atoms with Gasteiger partial charge < -0.3 is 10.2 Å². The number of pyridine rings is 1. The molecule has 1 saturated heterocycles. The lowest BCUT2D eigenvalue weighted by Gasteiger charge is -2.20. The highest BCUT2D eigenvalue weighted by atomic mass is 15.1. The van der Waals surface area contributed by atoms with E-state index in [1.54, 1.807) is 0 Å². The Labute approximate surface area is 91.5 Å². The Balaban J connectivity index is 2.13. The van der Waals surface area contributed by atoms with E-state index in [0.717, 1.165) is 13.1 Å². The van der Waals surface area contributed by atoms with Crippen molar-refractivity contribution < 1.29 is 0 Å². The summed E-state index contributed by atoms with van der Waals surface area (Å²) in [5.74, 6) is 0. The molecular weight excluding hydrogens is 186 g/mol. The van der Waals surface area contributed by atoms with Crippen molar-refractivity contribution in [2.45, 2.75) is 26.3 Å². The molecule has 2 heterocycles. The molecule has 1 aromatic heterocycles. The Bertz CT molecular complexity index is 305. The van der Waals surface area contributed by atoms with Gasteiger partial charge in [0.25, 0.3) is 0 Å². The highest BCUT2D eigenvalue weighted by Gasteiger charge is 2.14. The van der Waals surface area contributed by atoms with Crippen LogP contribution in [0.5, 0.6) is 0 Å². The molecule has 3 nitrogen and oxygen atoms in total. The van der Waals surface area contributed by atoms with Crippen LogP contribution in [0.25, 0.3) is 0 Å². The molecule has 15 heavy (non-hydrogen) atoms. The first-order chi connectivity index (χ1) is 7.42. The van der Waals surface area contributed by atoms with Crippen molar-refractivity contribution >= 4 is 5.69 Å². The number of nitrogens with zero attached hydrogens (tertiary/aromatic N) is 2. The van der Waals surface area contributed by atoms with E-state index >= 15 is 0 Å². The Hall–Kier alpha value is -1.09. The number of hydrogen-bond acceptors (Lipinski definition) is 3. The molecule has 0 bridgehead atoms. The van der Waals surface area contributed by atoms with Gasteiger partial charge in [-0.2, -0.15) is 0 Å². The molecule has 0 aliphatic carbocycles. The standard InChI is InChI=1S/C12H19N3/c1-2-13-9-11-10-14-6-5-12(11)15-7-3-4-8-15/h5-6,10,13H,2-4,7-9H2,1H3. The first-order valence-electron chi connectivity index (χ1n) is 5.80. The predicted molar refractivity (Wildman–Crippen MR) is 63.1 cm³/mol. The van der Waals surface area contributed by atoms with Crippen LogP contribution in [0.15, 0.2) is 18.5 Å². The van der Waals surface area contributed by atoms with Crippen LogP contribution in [-0.2, 0) is 6.54 Å². The lowest BCUT2D eigenvalue weighted by atomic mass is 10.2. The van der Waals surface area contributed by atoms with Gasteiger partial charge in [-0.05, 0) is 25.5 Å². The molecule has 1 aliphatic heterocycles. The molecule has 0 amide bonds. The van der Waals surface area contributed by atoms with Crippen molar-refractivity contribution in [1.82, 2.24) is 10.3 Å². The molecule has 0 saturated carbocycles. The summed E-state index contributed by atoms with van der Waals surface area (Å²) < 4.78 is 0. The number of rotatable bonds is 4. The van der Waals surface area contributed by atoms with E-state index in [2.05, 4.69) is 28.2 Å². The Morgan fingerprint density at radius 3 is 2.93 bits per heavy atom. The van der Waals surface area contributed by atoms with Gasteiger partial charge in [0.2, 0.25) is 0 Å². The molecule has 0 atom stereocenters. The minimum Gasteiger partial charge on any atom is -0.371 e. The fraction of sp³-hybridized carbons (Fsp3) is 0.583. The maximum atomic E-state index is 4.20.